The van der Waals surface area contributed by atoms with Gasteiger partial charge in [0, 0.05) is 23.7 Å². The Labute approximate surface area is 119 Å². The number of pyridine rings is 1. The van der Waals surface area contributed by atoms with Crippen LogP contribution < -0.4 is 11.1 Å². The lowest BCUT2D eigenvalue weighted by Crippen LogP contribution is -2.19. The van der Waals surface area contributed by atoms with Crippen molar-refractivity contribution in [3.8, 4) is 0 Å². The van der Waals surface area contributed by atoms with Crippen LogP contribution in [0.25, 0.3) is 0 Å². The number of rotatable bonds is 4. The normalized spacial score (nSPS) is 12.4. The molecule has 0 radical (unpaired) electrons. The quantitative estimate of drug-likeness (QED) is 0.894. The summed E-state index contributed by atoms with van der Waals surface area (Å²) in [6.45, 7) is 8.26. The maximum absolute atomic E-state index is 5.74. The zero-order chi connectivity index (χ0) is 14.7. The highest BCUT2D eigenvalue weighted by Crippen LogP contribution is 2.27. The molecule has 0 amide bonds. The molecule has 2 aromatic heterocycles. The van der Waals surface area contributed by atoms with Crippen molar-refractivity contribution >= 4 is 11.8 Å². The smallest absolute Gasteiger partial charge is 0.222 e. The molecule has 2 rings (SSSR count). The van der Waals surface area contributed by atoms with E-state index in [4.69, 9.17) is 5.73 Å². The molecule has 20 heavy (non-hydrogen) atoms. The van der Waals surface area contributed by atoms with E-state index in [0.29, 0.717) is 11.9 Å². The van der Waals surface area contributed by atoms with Gasteiger partial charge in [-0.2, -0.15) is 4.98 Å². The summed E-state index contributed by atoms with van der Waals surface area (Å²) in [4.78, 5) is 12.7. The van der Waals surface area contributed by atoms with Crippen molar-refractivity contribution in [2.24, 2.45) is 5.92 Å². The molecular formula is C15H21N5. The Balaban J connectivity index is 2.35. The van der Waals surface area contributed by atoms with Crippen molar-refractivity contribution in [2.75, 3.05) is 11.1 Å². The molecule has 0 saturated carbocycles. The first-order valence-corrected chi connectivity index (χ1v) is 6.76. The van der Waals surface area contributed by atoms with E-state index < -0.39 is 0 Å². The summed E-state index contributed by atoms with van der Waals surface area (Å²) < 4.78 is 0. The van der Waals surface area contributed by atoms with Gasteiger partial charge < -0.3 is 11.1 Å². The van der Waals surface area contributed by atoms with Crippen LogP contribution in [0.4, 0.5) is 11.8 Å². The first-order valence-electron chi connectivity index (χ1n) is 6.76. The van der Waals surface area contributed by atoms with E-state index in [1.54, 1.807) is 6.20 Å². The first kappa shape index (κ1) is 14.2. The summed E-state index contributed by atoms with van der Waals surface area (Å²) in [5.74, 6) is 1.48. The van der Waals surface area contributed by atoms with Crippen molar-refractivity contribution in [2.45, 2.75) is 33.7 Å². The minimum Gasteiger partial charge on any atom is -0.368 e. The van der Waals surface area contributed by atoms with Crippen molar-refractivity contribution in [3.05, 3.63) is 41.3 Å². The zero-order valence-electron chi connectivity index (χ0n) is 12.4. The minimum atomic E-state index is 0.135. The lowest BCUT2D eigenvalue weighted by atomic mass is 9.97. The van der Waals surface area contributed by atoms with Gasteiger partial charge in [-0.15, -0.1) is 0 Å². The van der Waals surface area contributed by atoms with E-state index in [-0.39, 0.29) is 6.04 Å². The standard InChI is InChI=1S/C15H21N5/c1-9(2)13(12-6-5-7-17-8-12)19-14-10(3)11(4)18-15(16)20-14/h5-9,13H,1-4H3,(H3,16,18,19,20). The van der Waals surface area contributed by atoms with Crippen LogP contribution in [-0.2, 0) is 0 Å². The fraction of sp³-hybridized carbons (Fsp3) is 0.400. The van der Waals surface area contributed by atoms with E-state index in [0.717, 1.165) is 22.6 Å². The fourth-order valence-electron chi connectivity index (χ4n) is 2.13. The van der Waals surface area contributed by atoms with Crippen LogP contribution in [0, 0.1) is 19.8 Å². The summed E-state index contributed by atoms with van der Waals surface area (Å²) >= 11 is 0. The lowest BCUT2D eigenvalue weighted by molar-refractivity contribution is 0.543. The van der Waals surface area contributed by atoms with Crippen LogP contribution in [0.3, 0.4) is 0 Å². The van der Waals surface area contributed by atoms with Crippen molar-refractivity contribution in [1.29, 1.82) is 0 Å². The van der Waals surface area contributed by atoms with Crippen LogP contribution in [0.15, 0.2) is 24.5 Å². The Hall–Kier alpha value is -2.17. The maximum Gasteiger partial charge on any atom is 0.222 e. The molecule has 0 fully saturated rings. The largest absolute Gasteiger partial charge is 0.368 e. The number of nitrogens with two attached hydrogens (primary N) is 1. The van der Waals surface area contributed by atoms with E-state index in [1.165, 1.54) is 0 Å². The lowest BCUT2D eigenvalue weighted by Gasteiger charge is -2.24. The molecule has 2 heterocycles. The Kier molecular flexibility index (Phi) is 4.17. The highest BCUT2D eigenvalue weighted by atomic mass is 15.1. The van der Waals surface area contributed by atoms with Gasteiger partial charge in [0.15, 0.2) is 0 Å². The summed E-state index contributed by atoms with van der Waals surface area (Å²) in [6.07, 6.45) is 3.66. The number of anilines is 2. The second kappa shape index (κ2) is 5.86. The highest BCUT2D eigenvalue weighted by Gasteiger charge is 2.18. The van der Waals surface area contributed by atoms with E-state index in [9.17, 15) is 0 Å². The zero-order valence-corrected chi connectivity index (χ0v) is 12.4. The van der Waals surface area contributed by atoms with Gasteiger partial charge in [0.2, 0.25) is 5.95 Å². The van der Waals surface area contributed by atoms with Crippen LogP contribution in [-0.4, -0.2) is 15.0 Å². The van der Waals surface area contributed by atoms with Crippen LogP contribution >= 0.6 is 0 Å². The molecule has 0 bridgehead atoms. The minimum absolute atomic E-state index is 0.135. The molecule has 0 spiro atoms. The molecule has 2 aromatic rings. The Bertz CT molecular complexity index is 580. The van der Waals surface area contributed by atoms with E-state index in [1.807, 2.05) is 26.1 Å². The third-order valence-electron chi connectivity index (χ3n) is 3.41. The van der Waals surface area contributed by atoms with Gasteiger partial charge in [-0.05, 0) is 31.4 Å². The number of aromatic nitrogens is 3. The van der Waals surface area contributed by atoms with Gasteiger partial charge in [0.1, 0.15) is 5.82 Å². The molecule has 0 aliphatic carbocycles. The second-order valence-corrected chi connectivity index (χ2v) is 5.29. The number of hydrogen-bond acceptors (Lipinski definition) is 5. The predicted molar refractivity (Wildman–Crippen MR) is 81.4 cm³/mol. The van der Waals surface area contributed by atoms with E-state index in [2.05, 4.69) is 40.2 Å². The van der Waals surface area contributed by atoms with Crippen LogP contribution in [0.1, 0.15) is 36.7 Å². The number of nitrogens with zero attached hydrogens (tertiary/aromatic N) is 3. The Morgan fingerprint density at radius 3 is 2.55 bits per heavy atom. The molecule has 5 heteroatoms. The summed E-state index contributed by atoms with van der Waals surface area (Å²) in [5.41, 5.74) is 8.80. The number of nitrogens with one attached hydrogen (secondary N) is 1. The van der Waals surface area contributed by atoms with E-state index >= 15 is 0 Å². The van der Waals surface area contributed by atoms with Gasteiger partial charge in [-0.25, -0.2) is 4.98 Å². The maximum atomic E-state index is 5.74. The summed E-state index contributed by atoms with van der Waals surface area (Å²) in [5, 5.41) is 3.47. The van der Waals surface area contributed by atoms with Crippen molar-refractivity contribution in [3.63, 3.8) is 0 Å². The number of aryl methyl sites for hydroxylation is 1. The molecular weight excluding hydrogens is 250 g/mol. The Morgan fingerprint density at radius 2 is 1.95 bits per heavy atom. The molecule has 0 aromatic carbocycles. The molecule has 1 unspecified atom stereocenters. The van der Waals surface area contributed by atoms with Crippen LogP contribution in [0.2, 0.25) is 0 Å². The first-order chi connectivity index (χ1) is 9.49. The van der Waals surface area contributed by atoms with Crippen molar-refractivity contribution in [1.82, 2.24) is 15.0 Å². The monoisotopic (exact) mass is 271 g/mol. The molecule has 0 aliphatic rings. The average Bonchev–Trinajstić information content (AvgIpc) is 2.41. The average molecular weight is 271 g/mol. The molecule has 5 nitrogen and oxygen atoms in total. The number of hydrogen-bond donors (Lipinski definition) is 2. The van der Waals surface area contributed by atoms with Crippen molar-refractivity contribution < 1.29 is 0 Å². The second-order valence-electron chi connectivity index (χ2n) is 5.29. The van der Waals surface area contributed by atoms with Gasteiger partial charge in [0.25, 0.3) is 0 Å². The highest BCUT2D eigenvalue weighted by molar-refractivity contribution is 5.50. The van der Waals surface area contributed by atoms with Crippen LogP contribution in [0.5, 0.6) is 0 Å². The van der Waals surface area contributed by atoms with Gasteiger partial charge in [0.05, 0.1) is 6.04 Å². The SMILES string of the molecule is Cc1nc(N)nc(NC(c2cccnc2)C(C)C)c1C. The topological polar surface area (TPSA) is 76.7 Å². The van der Waals surface area contributed by atoms with Gasteiger partial charge in [-0.3, -0.25) is 4.98 Å². The third kappa shape index (κ3) is 3.04. The predicted octanol–water partition coefficient (Wildman–Crippen LogP) is 2.88. The summed E-state index contributed by atoms with van der Waals surface area (Å²) in [7, 11) is 0. The molecule has 1 atom stereocenters. The summed E-state index contributed by atoms with van der Waals surface area (Å²) in [6, 6.07) is 4.15. The molecule has 0 saturated heterocycles. The third-order valence-corrected chi connectivity index (χ3v) is 3.41. The fourth-order valence-corrected chi connectivity index (χ4v) is 2.13. The van der Waals surface area contributed by atoms with Gasteiger partial charge in [-0.1, -0.05) is 19.9 Å². The van der Waals surface area contributed by atoms with Gasteiger partial charge >= 0.3 is 0 Å². The molecule has 3 N–H and O–H groups in total. The number of nitrogen functional groups attached to an aromatic ring is 1. The Morgan fingerprint density at radius 1 is 1.20 bits per heavy atom. The molecule has 0 aliphatic heterocycles. The molecule has 106 valence electrons.